The first-order valence-electron chi connectivity index (χ1n) is 8.14. The molecule has 25 heavy (non-hydrogen) atoms. The minimum absolute atomic E-state index is 0.324. The summed E-state index contributed by atoms with van der Waals surface area (Å²) in [5.74, 6) is 0. The van der Waals surface area contributed by atoms with Crippen LogP contribution in [0.25, 0.3) is 0 Å². The Kier molecular flexibility index (Phi) is 3.97. The Bertz CT molecular complexity index is 810. The second-order valence-electron chi connectivity index (χ2n) is 6.03. The average Bonchev–Trinajstić information content (AvgIpc) is 2.78. The first kappa shape index (κ1) is 16.1. The maximum Gasteiger partial charge on any atom is 0.416 e. The third-order valence-electron chi connectivity index (χ3n) is 4.41. The van der Waals surface area contributed by atoms with E-state index in [2.05, 4.69) is 15.3 Å². The van der Waals surface area contributed by atoms with Crippen molar-refractivity contribution in [1.82, 2.24) is 10.3 Å². The van der Waals surface area contributed by atoms with E-state index in [1.54, 1.807) is 6.21 Å². The van der Waals surface area contributed by atoms with Gasteiger partial charge in [0.05, 0.1) is 22.6 Å². The number of aliphatic imine (C=N–C) groups is 1. The smallest absolute Gasteiger partial charge is 0.314 e. The van der Waals surface area contributed by atoms with Crippen molar-refractivity contribution in [3.05, 3.63) is 53.6 Å². The van der Waals surface area contributed by atoms with Crippen molar-refractivity contribution in [3.63, 3.8) is 0 Å². The molecule has 2 aromatic carbocycles. The molecule has 2 aromatic rings. The van der Waals surface area contributed by atoms with Gasteiger partial charge in [0.15, 0.2) is 0 Å². The second kappa shape index (κ2) is 6.16. The van der Waals surface area contributed by atoms with Gasteiger partial charge in [-0.25, -0.2) is 5.01 Å². The van der Waals surface area contributed by atoms with Crippen LogP contribution in [0.5, 0.6) is 0 Å². The number of nitrogens with one attached hydrogen (secondary N) is 1. The number of rotatable bonds is 1. The number of hydrogen-bond donors (Lipinski definition) is 1. The zero-order valence-corrected chi connectivity index (χ0v) is 13.4. The number of piperazine rings is 1. The van der Waals surface area contributed by atoms with E-state index in [9.17, 15) is 13.2 Å². The van der Waals surface area contributed by atoms with Gasteiger partial charge in [-0.15, -0.1) is 0 Å². The van der Waals surface area contributed by atoms with Gasteiger partial charge in [0.25, 0.3) is 0 Å². The van der Waals surface area contributed by atoms with Crippen LogP contribution in [0.1, 0.15) is 11.1 Å². The Morgan fingerprint density at radius 1 is 0.960 bits per heavy atom. The van der Waals surface area contributed by atoms with Crippen molar-refractivity contribution in [2.75, 3.05) is 31.2 Å². The molecule has 0 bridgehead atoms. The zero-order chi connectivity index (χ0) is 17.4. The molecule has 130 valence electrons. The van der Waals surface area contributed by atoms with E-state index in [4.69, 9.17) is 0 Å². The molecule has 4 rings (SSSR count). The van der Waals surface area contributed by atoms with Gasteiger partial charge >= 0.3 is 6.18 Å². The Balaban J connectivity index is 1.87. The SMILES string of the molecule is FC(F)(F)c1ccc2c(c1)N=Cc1ccccc1N2N1CCNCC1. The highest BCUT2D eigenvalue weighted by molar-refractivity contribution is 5.95. The van der Waals surface area contributed by atoms with Gasteiger partial charge in [0.2, 0.25) is 0 Å². The summed E-state index contributed by atoms with van der Waals surface area (Å²) in [5.41, 5.74) is 2.10. The molecule has 1 N–H and O–H groups in total. The summed E-state index contributed by atoms with van der Waals surface area (Å²) < 4.78 is 39.3. The van der Waals surface area contributed by atoms with E-state index in [1.165, 1.54) is 6.07 Å². The second-order valence-corrected chi connectivity index (χ2v) is 6.03. The van der Waals surface area contributed by atoms with Crippen LogP contribution in [-0.2, 0) is 6.18 Å². The standard InChI is InChI=1S/C18H17F3N4/c19-18(20,21)14-5-6-17-15(11-14)23-12-13-3-1-2-4-16(13)25(17)24-9-7-22-8-10-24/h1-6,11-12,22H,7-10H2. The number of alkyl halides is 3. The van der Waals surface area contributed by atoms with Crippen molar-refractivity contribution >= 4 is 23.3 Å². The summed E-state index contributed by atoms with van der Waals surface area (Å²) in [7, 11) is 0. The lowest BCUT2D eigenvalue weighted by atomic mass is 10.1. The molecule has 2 aliphatic rings. The molecule has 0 aliphatic carbocycles. The van der Waals surface area contributed by atoms with Gasteiger partial charge in [-0.1, -0.05) is 18.2 Å². The number of para-hydroxylation sites is 1. The molecule has 1 saturated heterocycles. The molecule has 0 aromatic heterocycles. The van der Waals surface area contributed by atoms with Gasteiger partial charge in [-0.3, -0.25) is 10.0 Å². The summed E-state index contributed by atoms with van der Waals surface area (Å²) in [6, 6.07) is 11.5. The number of fused-ring (bicyclic) bond motifs is 2. The first-order chi connectivity index (χ1) is 12.0. The number of halogens is 3. The van der Waals surface area contributed by atoms with Crippen LogP contribution in [0.2, 0.25) is 0 Å². The highest BCUT2D eigenvalue weighted by atomic mass is 19.4. The average molecular weight is 346 g/mol. The summed E-state index contributed by atoms with van der Waals surface area (Å²) >= 11 is 0. The number of hydrogen-bond acceptors (Lipinski definition) is 4. The third-order valence-corrected chi connectivity index (χ3v) is 4.41. The lowest BCUT2D eigenvalue weighted by molar-refractivity contribution is -0.137. The monoisotopic (exact) mass is 346 g/mol. The highest BCUT2D eigenvalue weighted by Crippen LogP contribution is 2.42. The Morgan fingerprint density at radius 2 is 1.72 bits per heavy atom. The molecular formula is C18H17F3N4. The zero-order valence-electron chi connectivity index (χ0n) is 13.4. The normalized spacial score (nSPS) is 17.8. The molecule has 1 fully saturated rings. The largest absolute Gasteiger partial charge is 0.416 e. The predicted molar refractivity (Wildman–Crippen MR) is 91.7 cm³/mol. The molecule has 0 atom stereocenters. The van der Waals surface area contributed by atoms with Gasteiger partial charge < -0.3 is 5.32 Å². The maximum absolute atomic E-state index is 13.1. The van der Waals surface area contributed by atoms with Crippen LogP contribution in [-0.4, -0.2) is 37.4 Å². The number of benzene rings is 2. The number of nitrogens with zero attached hydrogens (tertiary/aromatic N) is 3. The lowest BCUT2D eigenvalue weighted by Gasteiger charge is -2.39. The molecule has 4 nitrogen and oxygen atoms in total. The van der Waals surface area contributed by atoms with Gasteiger partial charge in [0.1, 0.15) is 0 Å². The highest BCUT2D eigenvalue weighted by Gasteiger charge is 2.33. The van der Waals surface area contributed by atoms with E-state index in [1.807, 2.05) is 29.3 Å². The van der Waals surface area contributed by atoms with Gasteiger partial charge in [-0.2, -0.15) is 13.2 Å². The summed E-state index contributed by atoms with van der Waals surface area (Å²) in [6.45, 7) is 3.20. The van der Waals surface area contributed by atoms with Gasteiger partial charge in [-0.05, 0) is 24.3 Å². The van der Waals surface area contributed by atoms with E-state index >= 15 is 0 Å². The summed E-state index contributed by atoms with van der Waals surface area (Å²) in [6.07, 6.45) is -2.75. The molecular weight excluding hydrogens is 329 g/mol. The topological polar surface area (TPSA) is 30.9 Å². The molecule has 0 saturated carbocycles. The first-order valence-corrected chi connectivity index (χ1v) is 8.14. The molecule has 2 aliphatic heterocycles. The van der Waals surface area contributed by atoms with Crippen molar-refractivity contribution in [2.45, 2.75) is 6.18 Å². The number of hydrazine groups is 1. The summed E-state index contributed by atoms with van der Waals surface area (Å²) in [4.78, 5) is 4.34. The van der Waals surface area contributed by atoms with Crippen molar-refractivity contribution < 1.29 is 13.2 Å². The van der Waals surface area contributed by atoms with Crippen molar-refractivity contribution in [1.29, 1.82) is 0 Å². The lowest BCUT2D eigenvalue weighted by Crippen LogP contribution is -2.51. The quantitative estimate of drug-likeness (QED) is 0.854. The molecule has 0 amide bonds. The fourth-order valence-electron chi connectivity index (χ4n) is 3.20. The molecule has 2 heterocycles. The van der Waals surface area contributed by atoms with Crippen LogP contribution >= 0.6 is 0 Å². The Labute approximate surface area is 143 Å². The minimum atomic E-state index is -4.39. The fraction of sp³-hybridized carbons (Fsp3) is 0.278. The predicted octanol–water partition coefficient (Wildman–Crippen LogP) is 3.73. The summed E-state index contributed by atoms with van der Waals surface area (Å²) in [5, 5.41) is 7.45. The van der Waals surface area contributed by atoms with Crippen LogP contribution in [0.15, 0.2) is 47.5 Å². The molecule has 0 unspecified atom stereocenters. The van der Waals surface area contributed by atoms with Crippen molar-refractivity contribution in [2.24, 2.45) is 4.99 Å². The fourth-order valence-corrected chi connectivity index (χ4v) is 3.20. The van der Waals surface area contributed by atoms with Crippen LogP contribution in [0, 0.1) is 0 Å². The molecule has 0 radical (unpaired) electrons. The van der Waals surface area contributed by atoms with Crippen LogP contribution < -0.4 is 10.3 Å². The Morgan fingerprint density at radius 3 is 2.48 bits per heavy atom. The van der Waals surface area contributed by atoms with Crippen molar-refractivity contribution in [3.8, 4) is 0 Å². The Hall–Kier alpha value is -2.38. The van der Waals surface area contributed by atoms with Crippen LogP contribution in [0.4, 0.5) is 30.2 Å². The molecule has 7 heteroatoms. The van der Waals surface area contributed by atoms with E-state index in [0.717, 1.165) is 49.6 Å². The third kappa shape index (κ3) is 3.01. The van der Waals surface area contributed by atoms with E-state index in [0.29, 0.717) is 11.4 Å². The number of anilines is 2. The van der Waals surface area contributed by atoms with Gasteiger partial charge in [0, 0.05) is 38.0 Å². The van der Waals surface area contributed by atoms with E-state index in [-0.39, 0.29) is 0 Å². The van der Waals surface area contributed by atoms with E-state index < -0.39 is 11.7 Å². The maximum atomic E-state index is 13.1. The van der Waals surface area contributed by atoms with Crippen LogP contribution in [0.3, 0.4) is 0 Å². The molecule has 0 spiro atoms. The minimum Gasteiger partial charge on any atom is -0.314 e.